The van der Waals surface area contributed by atoms with Crippen molar-refractivity contribution in [3.63, 3.8) is 0 Å². The average Bonchev–Trinajstić information content (AvgIpc) is 2.94. The Morgan fingerprint density at radius 1 is 1.24 bits per heavy atom. The number of aromatic amines is 1. The van der Waals surface area contributed by atoms with E-state index >= 15 is 0 Å². The van der Waals surface area contributed by atoms with Crippen molar-refractivity contribution in [3.05, 3.63) is 36.2 Å². The van der Waals surface area contributed by atoms with Gasteiger partial charge >= 0.3 is 0 Å². The quantitative estimate of drug-likeness (QED) is 0.747. The first-order chi connectivity index (χ1) is 8.36. The molecule has 86 valence electrons. The predicted molar refractivity (Wildman–Crippen MR) is 65.6 cm³/mol. The number of hydrogen-bond donors (Lipinski definition) is 1. The van der Waals surface area contributed by atoms with Gasteiger partial charge in [0.05, 0.1) is 0 Å². The molecule has 0 bridgehead atoms. The number of benzene rings is 1. The van der Waals surface area contributed by atoms with Crippen LogP contribution in [0.4, 0.5) is 0 Å². The van der Waals surface area contributed by atoms with Crippen molar-refractivity contribution >= 4 is 10.9 Å². The third-order valence-corrected chi connectivity index (χ3v) is 2.69. The maximum absolute atomic E-state index is 5.59. The zero-order valence-corrected chi connectivity index (χ0v) is 9.60. The van der Waals surface area contributed by atoms with E-state index in [4.69, 9.17) is 4.42 Å². The molecule has 0 aliphatic rings. The van der Waals surface area contributed by atoms with Crippen LogP contribution in [0.5, 0.6) is 0 Å². The highest BCUT2D eigenvalue weighted by molar-refractivity contribution is 5.84. The summed E-state index contributed by atoms with van der Waals surface area (Å²) < 4.78 is 5.59. The summed E-state index contributed by atoms with van der Waals surface area (Å²) in [6.07, 6.45) is 1.83. The third-order valence-electron chi connectivity index (χ3n) is 2.69. The van der Waals surface area contributed by atoms with Crippen molar-refractivity contribution in [2.24, 2.45) is 0 Å². The van der Waals surface area contributed by atoms with Crippen LogP contribution in [0.3, 0.4) is 0 Å². The standard InChI is InChI=1S/C13H13N3O/c1-2-5-12-15-16-13(17-12)11-8-9-6-3-4-7-10(9)14-11/h3-4,6-8,14H,2,5H2,1H3. The van der Waals surface area contributed by atoms with Gasteiger partial charge < -0.3 is 9.40 Å². The van der Waals surface area contributed by atoms with Crippen molar-refractivity contribution in [2.75, 3.05) is 0 Å². The average molecular weight is 227 g/mol. The second kappa shape index (κ2) is 4.05. The second-order valence-electron chi connectivity index (χ2n) is 4.02. The molecule has 2 heterocycles. The first kappa shape index (κ1) is 10.1. The number of aromatic nitrogens is 3. The molecule has 0 spiro atoms. The molecule has 3 rings (SSSR count). The molecular weight excluding hydrogens is 214 g/mol. The number of nitrogens with one attached hydrogen (secondary N) is 1. The molecular formula is C13H13N3O. The smallest absolute Gasteiger partial charge is 0.264 e. The number of fused-ring (bicyclic) bond motifs is 1. The molecule has 4 nitrogen and oxygen atoms in total. The van der Waals surface area contributed by atoms with Crippen LogP contribution in [0.15, 0.2) is 34.7 Å². The number of hydrogen-bond acceptors (Lipinski definition) is 3. The Labute approximate surface area is 98.7 Å². The van der Waals surface area contributed by atoms with E-state index in [9.17, 15) is 0 Å². The van der Waals surface area contributed by atoms with Crippen LogP contribution in [0.2, 0.25) is 0 Å². The summed E-state index contributed by atoms with van der Waals surface area (Å²) in [4.78, 5) is 3.27. The summed E-state index contributed by atoms with van der Waals surface area (Å²) in [7, 11) is 0. The summed E-state index contributed by atoms with van der Waals surface area (Å²) in [5, 5.41) is 9.22. The highest BCUT2D eigenvalue weighted by atomic mass is 16.4. The molecule has 0 saturated heterocycles. The van der Waals surface area contributed by atoms with Gasteiger partial charge in [0.2, 0.25) is 5.89 Å². The van der Waals surface area contributed by atoms with Crippen LogP contribution in [-0.4, -0.2) is 15.2 Å². The minimum absolute atomic E-state index is 0.560. The summed E-state index contributed by atoms with van der Waals surface area (Å²) in [5.74, 6) is 1.26. The predicted octanol–water partition coefficient (Wildman–Crippen LogP) is 3.17. The fraction of sp³-hybridized carbons (Fsp3) is 0.231. The molecule has 1 N–H and O–H groups in total. The topological polar surface area (TPSA) is 54.7 Å². The lowest BCUT2D eigenvalue weighted by Gasteiger charge is -1.88. The van der Waals surface area contributed by atoms with E-state index < -0.39 is 0 Å². The number of H-pyrrole nitrogens is 1. The molecule has 0 saturated carbocycles. The Morgan fingerprint density at radius 2 is 2.12 bits per heavy atom. The molecule has 0 fully saturated rings. The number of rotatable bonds is 3. The van der Waals surface area contributed by atoms with Crippen molar-refractivity contribution in [3.8, 4) is 11.6 Å². The van der Waals surface area contributed by atoms with Crippen LogP contribution in [-0.2, 0) is 6.42 Å². The van der Waals surface area contributed by atoms with Gasteiger partial charge in [-0.3, -0.25) is 0 Å². The molecule has 4 heteroatoms. The molecule has 0 aliphatic carbocycles. The van der Waals surface area contributed by atoms with Crippen molar-refractivity contribution in [2.45, 2.75) is 19.8 Å². The minimum Gasteiger partial charge on any atom is -0.419 e. The van der Waals surface area contributed by atoms with Gasteiger partial charge in [-0.25, -0.2) is 0 Å². The summed E-state index contributed by atoms with van der Waals surface area (Å²) in [6.45, 7) is 2.09. The molecule has 2 aromatic heterocycles. The Morgan fingerprint density at radius 3 is 2.94 bits per heavy atom. The summed E-state index contributed by atoms with van der Waals surface area (Å²) >= 11 is 0. The molecule has 0 atom stereocenters. The van der Waals surface area contributed by atoms with E-state index in [1.807, 2.05) is 24.3 Å². The van der Waals surface area contributed by atoms with Crippen LogP contribution in [0.25, 0.3) is 22.5 Å². The third kappa shape index (κ3) is 1.82. The van der Waals surface area contributed by atoms with E-state index in [0.717, 1.165) is 29.4 Å². The molecule has 1 aromatic carbocycles. The minimum atomic E-state index is 0.560. The molecule has 17 heavy (non-hydrogen) atoms. The Kier molecular flexibility index (Phi) is 2.40. The monoisotopic (exact) mass is 227 g/mol. The first-order valence-corrected chi connectivity index (χ1v) is 5.77. The number of aryl methyl sites for hydroxylation is 1. The molecule has 0 unspecified atom stereocenters. The fourth-order valence-corrected chi connectivity index (χ4v) is 1.87. The summed E-state index contributed by atoms with van der Waals surface area (Å²) in [6, 6.07) is 10.1. The van der Waals surface area contributed by atoms with E-state index in [1.54, 1.807) is 0 Å². The summed E-state index contributed by atoms with van der Waals surface area (Å²) in [5.41, 5.74) is 1.96. The van der Waals surface area contributed by atoms with Gasteiger partial charge in [-0.2, -0.15) is 0 Å². The second-order valence-corrected chi connectivity index (χ2v) is 4.02. The Balaban J connectivity index is 2.01. The van der Waals surface area contributed by atoms with Crippen LogP contribution in [0.1, 0.15) is 19.2 Å². The highest BCUT2D eigenvalue weighted by Gasteiger charge is 2.10. The zero-order chi connectivity index (χ0) is 11.7. The van der Waals surface area contributed by atoms with Gasteiger partial charge in [0.15, 0.2) is 0 Å². The van der Waals surface area contributed by atoms with Crippen molar-refractivity contribution in [1.29, 1.82) is 0 Å². The van der Waals surface area contributed by atoms with Gasteiger partial charge in [-0.15, -0.1) is 10.2 Å². The van der Waals surface area contributed by atoms with Gasteiger partial charge in [0.1, 0.15) is 5.69 Å². The molecule has 3 aromatic rings. The van der Waals surface area contributed by atoms with Crippen molar-refractivity contribution < 1.29 is 4.42 Å². The first-order valence-electron chi connectivity index (χ1n) is 5.77. The highest BCUT2D eigenvalue weighted by Crippen LogP contribution is 2.23. The molecule has 0 amide bonds. The van der Waals surface area contributed by atoms with E-state index in [2.05, 4.69) is 28.2 Å². The lowest BCUT2D eigenvalue weighted by Crippen LogP contribution is -1.80. The maximum atomic E-state index is 5.59. The SMILES string of the molecule is CCCc1nnc(-c2cc3ccccc3[nH]2)o1. The van der Waals surface area contributed by atoms with Gasteiger partial charge in [-0.05, 0) is 18.6 Å². The van der Waals surface area contributed by atoms with Gasteiger partial charge in [0.25, 0.3) is 5.89 Å². The van der Waals surface area contributed by atoms with Crippen molar-refractivity contribution in [1.82, 2.24) is 15.2 Å². The Hall–Kier alpha value is -2.10. The van der Waals surface area contributed by atoms with Crippen LogP contribution in [0, 0.1) is 0 Å². The number of para-hydroxylation sites is 1. The Bertz CT molecular complexity index is 606. The fourth-order valence-electron chi connectivity index (χ4n) is 1.87. The van der Waals surface area contributed by atoms with E-state index in [-0.39, 0.29) is 0 Å². The van der Waals surface area contributed by atoms with Gasteiger partial charge in [-0.1, -0.05) is 25.1 Å². The maximum Gasteiger partial charge on any atom is 0.264 e. The molecule has 0 radical (unpaired) electrons. The lowest BCUT2D eigenvalue weighted by molar-refractivity contribution is 0.501. The van der Waals surface area contributed by atoms with Gasteiger partial charge in [0, 0.05) is 17.3 Å². The largest absolute Gasteiger partial charge is 0.419 e. The van der Waals surface area contributed by atoms with Crippen LogP contribution >= 0.6 is 0 Å². The van der Waals surface area contributed by atoms with Crippen LogP contribution < -0.4 is 0 Å². The number of nitrogens with zero attached hydrogens (tertiary/aromatic N) is 2. The normalized spacial score (nSPS) is 11.1. The molecule has 0 aliphatic heterocycles. The van der Waals surface area contributed by atoms with E-state index in [1.165, 1.54) is 0 Å². The lowest BCUT2D eigenvalue weighted by atomic mass is 10.2. The van der Waals surface area contributed by atoms with E-state index in [0.29, 0.717) is 11.8 Å². The zero-order valence-electron chi connectivity index (χ0n) is 9.60.